The summed E-state index contributed by atoms with van der Waals surface area (Å²) in [5.41, 5.74) is 5.51. The first kappa shape index (κ1) is 15.6. The molecule has 8 nitrogen and oxygen atoms in total. The summed E-state index contributed by atoms with van der Waals surface area (Å²) in [6, 6.07) is 4.95. The molecule has 1 atom stereocenters. The topological polar surface area (TPSA) is 125 Å². The fraction of sp³-hybridized carbons (Fsp3) is 0.333. The average molecular weight is 281 g/mol. The molecule has 0 fully saturated rings. The summed E-state index contributed by atoms with van der Waals surface area (Å²) in [6.45, 7) is -0.243. The number of nitro benzene ring substituents is 1. The lowest BCUT2D eigenvalue weighted by Gasteiger charge is -2.17. The van der Waals surface area contributed by atoms with Crippen LogP contribution in [0.4, 0.5) is 5.69 Å². The SMILES string of the molecule is COC(=O)CC(NC(=O)CN)c1cccc([N+](=O)[O-])c1. The van der Waals surface area contributed by atoms with Gasteiger partial charge >= 0.3 is 5.97 Å². The van der Waals surface area contributed by atoms with Gasteiger partial charge in [-0.1, -0.05) is 12.1 Å². The van der Waals surface area contributed by atoms with Crippen LogP contribution in [0.1, 0.15) is 18.0 Å². The molecule has 1 unspecified atom stereocenters. The van der Waals surface area contributed by atoms with Crippen LogP contribution in [0, 0.1) is 10.1 Å². The van der Waals surface area contributed by atoms with Crippen LogP contribution in [0.5, 0.6) is 0 Å². The van der Waals surface area contributed by atoms with Crippen molar-refractivity contribution < 1.29 is 19.2 Å². The van der Waals surface area contributed by atoms with Crippen molar-refractivity contribution in [3.8, 4) is 0 Å². The summed E-state index contributed by atoms with van der Waals surface area (Å²) in [7, 11) is 1.22. The van der Waals surface area contributed by atoms with E-state index in [0.29, 0.717) is 5.56 Å². The monoisotopic (exact) mass is 281 g/mol. The van der Waals surface area contributed by atoms with E-state index in [1.807, 2.05) is 0 Å². The number of carbonyl (C=O) groups is 2. The molecule has 108 valence electrons. The highest BCUT2D eigenvalue weighted by Crippen LogP contribution is 2.22. The third kappa shape index (κ3) is 4.32. The Balaban J connectivity index is 3.02. The van der Waals surface area contributed by atoms with Crippen LogP contribution >= 0.6 is 0 Å². The van der Waals surface area contributed by atoms with E-state index in [0.717, 1.165) is 0 Å². The lowest BCUT2D eigenvalue weighted by molar-refractivity contribution is -0.384. The first-order valence-corrected chi connectivity index (χ1v) is 5.78. The molecule has 0 aliphatic heterocycles. The third-order valence-electron chi connectivity index (χ3n) is 2.60. The molecule has 20 heavy (non-hydrogen) atoms. The fourth-order valence-corrected chi connectivity index (χ4v) is 1.61. The Morgan fingerprint density at radius 3 is 2.75 bits per heavy atom. The molecule has 1 amide bonds. The van der Waals surface area contributed by atoms with Crippen LogP contribution in [0.2, 0.25) is 0 Å². The normalized spacial score (nSPS) is 11.5. The van der Waals surface area contributed by atoms with Crippen LogP contribution in [0.25, 0.3) is 0 Å². The van der Waals surface area contributed by atoms with Crippen molar-refractivity contribution in [3.63, 3.8) is 0 Å². The number of nitrogens with one attached hydrogen (secondary N) is 1. The lowest BCUT2D eigenvalue weighted by atomic mass is 10.0. The molecule has 1 aromatic rings. The third-order valence-corrected chi connectivity index (χ3v) is 2.60. The number of methoxy groups -OCH3 is 1. The molecule has 0 aliphatic carbocycles. The smallest absolute Gasteiger partial charge is 0.307 e. The molecule has 0 spiro atoms. The van der Waals surface area contributed by atoms with Crippen molar-refractivity contribution in [2.24, 2.45) is 5.73 Å². The molecule has 3 N–H and O–H groups in total. The second kappa shape index (κ2) is 7.19. The number of nitrogens with zero attached hydrogens (tertiary/aromatic N) is 1. The van der Waals surface area contributed by atoms with Gasteiger partial charge in [-0.2, -0.15) is 0 Å². The average Bonchev–Trinajstić information content (AvgIpc) is 2.46. The van der Waals surface area contributed by atoms with E-state index in [1.54, 1.807) is 6.07 Å². The van der Waals surface area contributed by atoms with Crippen molar-refractivity contribution in [2.45, 2.75) is 12.5 Å². The number of amides is 1. The Morgan fingerprint density at radius 2 is 2.20 bits per heavy atom. The molecule has 0 aliphatic rings. The largest absolute Gasteiger partial charge is 0.469 e. The number of benzene rings is 1. The van der Waals surface area contributed by atoms with Crippen molar-refractivity contribution >= 4 is 17.6 Å². The summed E-state index contributed by atoms with van der Waals surface area (Å²) in [4.78, 5) is 32.9. The van der Waals surface area contributed by atoms with Crippen molar-refractivity contribution in [1.82, 2.24) is 5.32 Å². The highest BCUT2D eigenvalue weighted by molar-refractivity contribution is 5.79. The number of non-ortho nitro benzene ring substituents is 1. The highest BCUT2D eigenvalue weighted by Gasteiger charge is 2.20. The molecular formula is C12H15N3O5. The number of hydrogen-bond donors (Lipinski definition) is 2. The van der Waals surface area contributed by atoms with Gasteiger partial charge in [-0.3, -0.25) is 19.7 Å². The van der Waals surface area contributed by atoms with E-state index in [-0.39, 0.29) is 18.7 Å². The zero-order valence-electron chi connectivity index (χ0n) is 10.9. The Bertz CT molecular complexity index is 500. The van der Waals surface area contributed by atoms with E-state index in [2.05, 4.69) is 10.1 Å². The molecule has 0 heterocycles. The predicted molar refractivity (Wildman–Crippen MR) is 69.7 cm³/mol. The summed E-state index contributed by atoms with van der Waals surface area (Å²) >= 11 is 0. The maximum atomic E-state index is 11.4. The highest BCUT2D eigenvalue weighted by atomic mass is 16.6. The van der Waals surface area contributed by atoms with E-state index < -0.39 is 22.8 Å². The molecule has 0 radical (unpaired) electrons. The zero-order chi connectivity index (χ0) is 15.1. The number of rotatable bonds is 6. The number of esters is 1. The van der Waals surface area contributed by atoms with Crippen LogP contribution in [-0.4, -0.2) is 30.5 Å². The lowest BCUT2D eigenvalue weighted by Crippen LogP contribution is -2.35. The molecule has 8 heteroatoms. The number of nitro groups is 1. The van der Waals surface area contributed by atoms with Crippen molar-refractivity contribution in [2.75, 3.05) is 13.7 Å². The Kier molecular flexibility index (Phi) is 5.60. The Labute approximate surface area is 115 Å². The zero-order valence-corrected chi connectivity index (χ0v) is 10.9. The standard InChI is InChI=1S/C12H15N3O5/c1-20-12(17)6-10(14-11(16)7-13)8-3-2-4-9(5-8)15(18)19/h2-5,10H,6-7,13H2,1H3,(H,14,16). The quantitative estimate of drug-likeness (QED) is 0.438. The summed E-state index contributed by atoms with van der Waals surface area (Å²) in [5.74, 6) is -1.01. The Morgan fingerprint density at radius 1 is 1.50 bits per heavy atom. The number of carbonyl (C=O) groups excluding carboxylic acids is 2. The van der Waals surface area contributed by atoms with Crippen LogP contribution in [0.3, 0.4) is 0 Å². The first-order chi connectivity index (χ1) is 9.47. The summed E-state index contributed by atoms with van der Waals surface area (Å²) in [6.07, 6.45) is -0.136. The first-order valence-electron chi connectivity index (χ1n) is 5.78. The minimum absolute atomic E-state index is 0.126. The maximum absolute atomic E-state index is 11.4. The van der Waals surface area contributed by atoms with Crippen LogP contribution in [0.15, 0.2) is 24.3 Å². The van der Waals surface area contributed by atoms with E-state index >= 15 is 0 Å². The molecule has 0 saturated carbocycles. The summed E-state index contributed by atoms with van der Waals surface area (Å²) in [5, 5.41) is 13.3. The minimum Gasteiger partial charge on any atom is -0.469 e. The van der Waals surface area contributed by atoms with Crippen LogP contribution < -0.4 is 11.1 Å². The van der Waals surface area contributed by atoms with Gasteiger partial charge in [0, 0.05) is 12.1 Å². The van der Waals surface area contributed by atoms with E-state index in [9.17, 15) is 19.7 Å². The maximum Gasteiger partial charge on any atom is 0.307 e. The van der Waals surface area contributed by atoms with Crippen molar-refractivity contribution in [3.05, 3.63) is 39.9 Å². The second-order valence-corrected chi connectivity index (χ2v) is 3.96. The van der Waals surface area contributed by atoms with Gasteiger partial charge in [0.05, 0.1) is 31.0 Å². The van der Waals surface area contributed by atoms with Crippen LogP contribution in [-0.2, 0) is 14.3 Å². The molecule has 0 bridgehead atoms. The number of ether oxygens (including phenoxy) is 1. The van der Waals surface area contributed by atoms with Gasteiger partial charge in [0.2, 0.25) is 5.91 Å². The van der Waals surface area contributed by atoms with E-state index in [1.165, 1.54) is 25.3 Å². The van der Waals surface area contributed by atoms with Gasteiger partial charge in [0.1, 0.15) is 0 Å². The van der Waals surface area contributed by atoms with E-state index in [4.69, 9.17) is 5.73 Å². The molecular weight excluding hydrogens is 266 g/mol. The van der Waals surface area contributed by atoms with Gasteiger partial charge in [0.15, 0.2) is 0 Å². The van der Waals surface area contributed by atoms with Crippen molar-refractivity contribution in [1.29, 1.82) is 0 Å². The molecule has 1 rings (SSSR count). The molecule has 1 aromatic carbocycles. The predicted octanol–water partition coefficient (Wildman–Crippen LogP) is 0.274. The van der Waals surface area contributed by atoms with Gasteiger partial charge in [-0.05, 0) is 5.56 Å². The fourth-order valence-electron chi connectivity index (χ4n) is 1.61. The summed E-state index contributed by atoms with van der Waals surface area (Å²) < 4.78 is 4.54. The number of nitrogens with two attached hydrogens (primary N) is 1. The van der Waals surface area contributed by atoms with Gasteiger partial charge < -0.3 is 15.8 Å². The van der Waals surface area contributed by atoms with Gasteiger partial charge in [-0.15, -0.1) is 0 Å². The van der Waals surface area contributed by atoms with Gasteiger partial charge in [0.25, 0.3) is 5.69 Å². The second-order valence-electron chi connectivity index (χ2n) is 3.96. The minimum atomic E-state index is -0.724. The van der Waals surface area contributed by atoms with Gasteiger partial charge in [-0.25, -0.2) is 0 Å². The molecule has 0 aromatic heterocycles. The Hall–Kier alpha value is -2.48. The molecule has 0 saturated heterocycles. The number of hydrogen-bond acceptors (Lipinski definition) is 6.